The van der Waals surface area contributed by atoms with Gasteiger partial charge in [0, 0.05) is 12.5 Å². The van der Waals surface area contributed by atoms with Crippen LogP contribution in [-0.2, 0) is 4.79 Å². The summed E-state index contributed by atoms with van der Waals surface area (Å²) in [6, 6.07) is 3.46. The van der Waals surface area contributed by atoms with Crippen LogP contribution in [0.25, 0.3) is 6.08 Å². The second-order valence-corrected chi connectivity index (χ2v) is 3.65. The van der Waals surface area contributed by atoms with Gasteiger partial charge in [-0.3, -0.25) is 4.98 Å². The molecule has 0 aliphatic heterocycles. The summed E-state index contributed by atoms with van der Waals surface area (Å²) in [5.41, 5.74) is 1.65. The maximum absolute atomic E-state index is 10.3. The number of ether oxygens (including phenoxy) is 1. The van der Waals surface area contributed by atoms with Gasteiger partial charge in [0.15, 0.2) is 0 Å². The van der Waals surface area contributed by atoms with Crippen LogP contribution in [0.2, 0.25) is 0 Å². The molecule has 0 spiro atoms. The quantitative estimate of drug-likeness (QED) is 0.606. The van der Waals surface area contributed by atoms with Crippen LogP contribution in [0, 0.1) is 0 Å². The smallest absolute Gasteiger partial charge is 0.328 e. The SMILES string of the molecule is C=C(C)CCOc1ccc(/C=C/C(=O)O)nc1. The van der Waals surface area contributed by atoms with Crippen LogP contribution in [-0.4, -0.2) is 22.7 Å². The number of aromatic nitrogens is 1. The van der Waals surface area contributed by atoms with Crippen LogP contribution in [0.3, 0.4) is 0 Å². The topological polar surface area (TPSA) is 59.4 Å². The Kier molecular flexibility index (Phi) is 4.94. The molecule has 1 aromatic heterocycles. The Morgan fingerprint density at radius 1 is 1.59 bits per heavy atom. The summed E-state index contributed by atoms with van der Waals surface area (Å²) < 4.78 is 5.43. The largest absolute Gasteiger partial charge is 0.492 e. The van der Waals surface area contributed by atoms with Crippen molar-refractivity contribution < 1.29 is 14.6 Å². The average Bonchev–Trinajstić information content (AvgIpc) is 2.27. The lowest BCUT2D eigenvalue weighted by atomic mass is 10.3. The molecule has 4 nitrogen and oxygen atoms in total. The second-order valence-electron chi connectivity index (χ2n) is 3.65. The van der Waals surface area contributed by atoms with Gasteiger partial charge in [-0.05, 0) is 25.1 Å². The van der Waals surface area contributed by atoms with E-state index in [4.69, 9.17) is 9.84 Å². The van der Waals surface area contributed by atoms with Gasteiger partial charge in [-0.2, -0.15) is 0 Å². The summed E-state index contributed by atoms with van der Waals surface area (Å²) in [5.74, 6) is -0.327. The summed E-state index contributed by atoms with van der Waals surface area (Å²) in [6.07, 6.45) is 4.85. The van der Waals surface area contributed by atoms with Crippen molar-refractivity contribution in [3.05, 3.63) is 42.3 Å². The van der Waals surface area contributed by atoms with Crippen LogP contribution >= 0.6 is 0 Å². The van der Waals surface area contributed by atoms with E-state index in [9.17, 15) is 4.79 Å². The fraction of sp³-hybridized carbons (Fsp3) is 0.231. The lowest BCUT2D eigenvalue weighted by Gasteiger charge is -2.05. The fourth-order valence-corrected chi connectivity index (χ4v) is 1.08. The highest BCUT2D eigenvalue weighted by molar-refractivity contribution is 5.84. The first-order valence-corrected chi connectivity index (χ1v) is 5.22. The van der Waals surface area contributed by atoms with Crippen LogP contribution in [0.4, 0.5) is 0 Å². The number of carboxylic acids is 1. The summed E-state index contributed by atoms with van der Waals surface area (Å²) in [6.45, 7) is 6.30. The van der Waals surface area contributed by atoms with Gasteiger partial charge < -0.3 is 9.84 Å². The number of rotatable bonds is 6. The zero-order valence-corrected chi connectivity index (χ0v) is 9.72. The van der Waals surface area contributed by atoms with Crippen molar-refractivity contribution in [3.63, 3.8) is 0 Å². The summed E-state index contributed by atoms with van der Waals surface area (Å²) in [4.78, 5) is 14.3. The molecule has 1 aromatic rings. The minimum Gasteiger partial charge on any atom is -0.492 e. The van der Waals surface area contributed by atoms with Gasteiger partial charge in [0.2, 0.25) is 0 Å². The molecule has 0 bridgehead atoms. The summed E-state index contributed by atoms with van der Waals surface area (Å²) >= 11 is 0. The molecule has 0 aromatic carbocycles. The molecular formula is C13H15NO3. The molecule has 0 radical (unpaired) electrons. The van der Waals surface area contributed by atoms with Crippen LogP contribution in [0.5, 0.6) is 5.75 Å². The van der Waals surface area contributed by atoms with Crippen molar-refractivity contribution in [1.82, 2.24) is 4.98 Å². The van der Waals surface area contributed by atoms with Crippen LogP contribution in [0.15, 0.2) is 36.6 Å². The molecule has 0 amide bonds. The highest BCUT2D eigenvalue weighted by Gasteiger charge is 1.95. The second kappa shape index (κ2) is 6.48. The van der Waals surface area contributed by atoms with E-state index >= 15 is 0 Å². The number of carbonyl (C=O) groups is 1. The van der Waals surface area contributed by atoms with Crippen molar-refractivity contribution in [2.24, 2.45) is 0 Å². The Morgan fingerprint density at radius 3 is 2.88 bits per heavy atom. The summed E-state index contributed by atoms with van der Waals surface area (Å²) in [5, 5.41) is 8.45. The van der Waals surface area contributed by atoms with Gasteiger partial charge in [0.25, 0.3) is 0 Å². The van der Waals surface area contributed by atoms with Crippen molar-refractivity contribution >= 4 is 12.0 Å². The molecule has 0 aliphatic carbocycles. The number of pyridine rings is 1. The molecule has 4 heteroatoms. The standard InChI is InChI=1S/C13H15NO3/c1-10(2)7-8-17-12-5-3-11(14-9-12)4-6-13(15)16/h3-6,9H,1,7-8H2,2H3,(H,15,16)/b6-4+. The molecule has 0 unspecified atom stereocenters. The van der Waals surface area contributed by atoms with E-state index in [0.29, 0.717) is 18.1 Å². The monoisotopic (exact) mass is 233 g/mol. The van der Waals surface area contributed by atoms with Gasteiger partial charge in [-0.25, -0.2) is 4.79 Å². The first-order valence-electron chi connectivity index (χ1n) is 5.22. The molecule has 1 rings (SSSR count). The Labute approximate surface area is 100 Å². The third kappa shape index (κ3) is 5.51. The van der Waals surface area contributed by atoms with E-state index in [1.807, 2.05) is 6.92 Å². The normalized spacial score (nSPS) is 10.4. The van der Waals surface area contributed by atoms with E-state index in [1.54, 1.807) is 18.3 Å². The molecule has 17 heavy (non-hydrogen) atoms. The van der Waals surface area contributed by atoms with Crippen molar-refractivity contribution in [2.75, 3.05) is 6.61 Å². The van der Waals surface area contributed by atoms with Gasteiger partial charge in [0.05, 0.1) is 18.5 Å². The molecule has 0 saturated heterocycles. The number of hydrogen-bond acceptors (Lipinski definition) is 3. The minimum absolute atomic E-state index is 0.571. The maximum Gasteiger partial charge on any atom is 0.328 e. The van der Waals surface area contributed by atoms with E-state index in [1.165, 1.54) is 6.08 Å². The first-order chi connectivity index (χ1) is 8.08. The molecule has 90 valence electrons. The molecule has 0 saturated carbocycles. The zero-order chi connectivity index (χ0) is 12.7. The minimum atomic E-state index is -0.992. The molecule has 0 fully saturated rings. The highest BCUT2D eigenvalue weighted by Crippen LogP contribution is 2.11. The number of carboxylic acid groups (broad SMARTS) is 1. The fourth-order valence-electron chi connectivity index (χ4n) is 1.08. The summed E-state index contributed by atoms with van der Waals surface area (Å²) in [7, 11) is 0. The van der Waals surface area contributed by atoms with Crippen molar-refractivity contribution in [2.45, 2.75) is 13.3 Å². The van der Waals surface area contributed by atoms with E-state index < -0.39 is 5.97 Å². The predicted octanol–water partition coefficient (Wildman–Crippen LogP) is 2.52. The van der Waals surface area contributed by atoms with E-state index in [0.717, 1.165) is 18.1 Å². The Balaban J connectivity index is 2.50. The molecule has 1 heterocycles. The molecular weight excluding hydrogens is 218 g/mol. The Bertz CT molecular complexity index is 421. The third-order valence-electron chi connectivity index (χ3n) is 1.95. The number of aliphatic carboxylic acids is 1. The average molecular weight is 233 g/mol. The van der Waals surface area contributed by atoms with Crippen molar-refractivity contribution in [1.29, 1.82) is 0 Å². The van der Waals surface area contributed by atoms with E-state index in [2.05, 4.69) is 11.6 Å². The van der Waals surface area contributed by atoms with Gasteiger partial charge >= 0.3 is 5.97 Å². The predicted molar refractivity (Wildman–Crippen MR) is 65.8 cm³/mol. The Morgan fingerprint density at radius 2 is 2.35 bits per heavy atom. The van der Waals surface area contributed by atoms with Crippen molar-refractivity contribution in [3.8, 4) is 5.75 Å². The van der Waals surface area contributed by atoms with Gasteiger partial charge in [-0.15, -0.1) is 6.58 Å². The zero-order valence-electron chi connectivity index (χ0n) is 9.72. The number of hydrogen-bond donors (Lipinski definition) is 1. The maximum atomic E-state index is 10.3. The number of nitrogens with zero attached hydrogens (tertiary/aromatic N) is 1. The van der Waals surface area contributed by atoms with E-state index in [-0.39, 0.29) is 0 Å². The Hall–Kier alpha value is -2.10. The van der Waals surface area contributed by atoms with Gasteiger partial charge in [-0.1, -0.05) is 5.57 Å². The third-order valence-corrected chi connectivity index (χ3v) is 1.95. The van der Waals surface area contributed by atoms with Gasteiger partial charge in [0.1, 0.15) is 5.75 Å². The first kappa shape index (κ1) is 13.0. The van der Waals surface area contributed by atoms with Crippen LogP contribution < -0.4 is 4.74 Å². The highest BCUT2D eigenvalue weighted by atomic mass is 16.5. The molecule has 1 N–H and O–H groups in total. The lowest BCUT2D eigenvalue weighted by Crippen LogP contribution is -1.98. The lowest BCUT2D eigenvalue weighted by molar-refractivity contribution is -0.131. The van der Waals surface area contributed by atoms with Crippen LogP contribution in [0.1, 0.15) is 19.0 Å². The molecule has 0 aliphatic rings. The molecule has 0 atom stereocenters.